The van der Waals surface area contributed by atoms with E-state index in [1.54, 1.807) is 0 Å². The van der Waals surface area contributed by atoms with Crippen LogP contribution in [0.5, 0.6) is 0 Å². The maximum absolute atomic E-state index is 11.3. The summed E-state index contributed by atoms with van der Waals surface area (Å²) in [6, 6.07) is 0. The predicted octanol–water partition coefficient (Wildman–Crippen LogP) is 1.03. The molecule has 0 saturated carbocycles. The molecule has 1 aliphatic rings. The summed E-state index contributed by atoms with van der Waals surface area (Å²) in [7, 11) is 0. The lowest BCUT2D eigenvalue weighted by molar-refractivity contribution is -0.138. The first-order chi connectivity index (χ1) is 5.77. The lowest BCUT2D eigenvalue weighted by Gasteiger charge is -2.32. The Morgan fingerprint density at radius 2 is 2.33 bits per heavy atom. The zero-order chi connectivity index (χ0) is 8.97. The molecule has 70 valence electrons. The summed E-state index contributed by atoms with van der Waals surface area (Å²) >= 11 is 0. The van der Waals surface area contributed by atoms with Crippen molar-refractivity contribution in [1.29, 1.82) is 0 Å². The van der Waals surface area contributed by atoms with Gasteiger partial charge in [0.15, 0.2) is 0 Å². The van der Waals surface area contributed by atoms with E-state index in [4.69, 9.17) is 4.74 Å². The van der Waals surface area contributed by atoms with E-state index < -0.39 is 0 Å². The quantitative estimate of drug-likeness (QED) is 0.621. The fourth-order valence-corrected chi connectivity index (χ4v) is 1.42. The average Bonchev–Trinajstić information content (AvgIpc) is 2.17. The van der Waals surface area contributed by atoms with Gasteiger partial charge in [0.2, 0.25) is 5.91 Å². The second kappa shape index (κ2) is 4.45. The Balaban J connectivity index is 2.40. The molecule has 1 aliphatic heterocycles. The second-order valence-corrected chi connectivity index (χ2v) is 3.09. The van der Waals surface area contributed by atoms with Gasteiger partial charge in [-0.25, -0.2) is 0 Å². The van der Waals surface area contributed by atoms with Gasteiger partial charge in [0.25, 0.3) is 0 Å². The summed E-state index contributed by atoms with van der Waals surface area (Å²) in [5.41, 5.74) is 0. The van der Waals surface area contributed by atoms with Gasteiger partial charge in [0.05, 0.1) is 12.7 Å². The number of carbonyl (C=O) groups is 1. The molecule has 0 aromatic heterocycles. The zero-order valence-electron chi connectivity index (χ0n) is 7.88. The normalized spacial score (nSPS) is 24.2. The van der Waals surface area contributed by atoms with Gasteiger partial charge in [0, 0.05) is 19.5 Å². The van der Waals surface area contributed by atoms with Gasteiger partial charge < -0.3 is 9.64 Å². The number of nitrogens with zero attached hydrogens (tertiary/aromatic N) is 1. The van der Waals surface area contributed by atoms with Crippen molar-refractivity contribution in [2.24, 2.45) is 0 Å². The summed E-state index contributed by atoms with van der Waals surface area (Å²) < 4.78 is 5.46. The fraction of sp³-hybridized carbons (Fsp3) is 0.889. The summed E-state index contributed by atoms with van der Waals surface area (Å²) in [6.07, 6.45) is 1.86. The van der Waals surface area contributed by atoms with Gasteiger partial charge in [-0.1, -0.05) is 13.8 Å². The van der Waals surface area contributed by atoms with E-state index in [2.05, 4.69) is 6.92 Å². The van der Waals surface area contributed by atoms with E-state index in [0.29, 0.717) is 13.0 Å². The highest BCUT2D eigenvalue weighted by Crippen LogP contribution is 2.08. The Labute approximate surface area is 73.7 Å². The smallest absolute Gasteiger partial charge is 0.222 e. The molecule has 1 saturated heterocycles. The molecule has 12 heavy (non-hydrogen) atoms. The van der Waals surface area contributed by atoms with E-state index in [1.165, 1.54) is 0 Å². The van der Waals surface area contributed by atoms with Crippen LogP contribution >= 0.6 is 0 Å². The monoisotopic (exact) mass is 171 g/mol. The van der Waals surface area contributed by atoms with E-state index in [9.17, 15) is 4.79 Å². The van der Waals surface area contributed by atoms with Gasteiger partial charge in [-0.05, 0) is 6.42 Å². The molecule has 0 aromatic rings. The van der Waals surface area contributed by atoms with Crippen molar-refractivity contribution in [3.05, 3.63) is 0 Å². The fourth-order valence-electron chi connectivity index (χ4n) is 1.42. The van der Waals surface area contributed by atoms with Crippen LogP contribution in [0.15, 0.2) is 0 Å². The lowest BCUT2D eigenvalue weighted by Crippen LogP contribution is -2.45. The van der Waals surface area contributed by atoms with Crippen LogP contribution in [0.2, 0.25) is 0 Å². The summed E-state index contributed by atoms with van der Waals surface area (Å²) in [4.78, 5) is 13.2. The molecule has 0 spiro atoms. The lowest BCUT2D eigenvalue weighted by atomic mass is 10.2. The molecule has 1 atom stereocenters. The highest BCUT2D eigenvalue weighted by molar-refractivity contribution is 5.75. The molecular weight excluding hydrogens is 154 g/mol. The highest BCUT2D eigenvalue weighted by Gasteiger charge is 2.21. The third-order valence-electron chi connectivity index (χ3n) is 2.25. The highest BCUT2D eigenvalue weighted by atomic mass is 16.5. The number of hydrogen-bond donors (Lipinski definition) is 0. The third-order valence-corrected chi connectivity index (χ3v) is 2.25. The molecule has 3 heteroatoms. The van der Waals surface area contributed by atoms with Crippen molar-refractivity contribution in [3.8, 4) is 0 Å². The van der Waals surface area contributed by atoms with Crippen molar-refractivity contribution in [3.63, 3.8) is 0 Å². The Hall–Kier alpha value is -0.570. The van der Waals surface area contributed by atoms with Crippen LogP contribution in [0.3, 0.4) is 0 Å². The summed E-state index contributed by atoms with van der Waals surface area (Å²) in [5.74, 6) is 0.247. The largest absolute Gasteiger partial charge is 0.375 e. The van der Waals surface area contributed by atoms with Crippen LogP contribution in [-0.4, -0.2) is 36.6 Å². The first-order valence-electron chi connectivity index (χ1n) is 4.67. The second-order valence-electron chi connectivity index (χ2n) is 3.09. The van der Waals surface area contributed by atoms with E-state index in [1.807, 2.05) is 11.8 Å². The Morgan fingerprint density at radius 3 is 2.92 bits per heavy atom. The summed E-state index contributed by atoms with van der Waals surface area (Å²) in [5, 5.41) is 0. The van der Waals surface area contributed by atoms with E-state index in [-0.39, 0.29) is 12.0 Å². The van der Waals surface area contributed by atoms with Crippen molar-refractivity contribution in [1.82, 2.24) is 4.90 Å². The number of rotatable bonds is 2. The SMILES string of the molecule is CCC(=O)N1CCO[C@@H](CC)C1. The number of morpholine rings is 1. The van der Waals surface area contributed by atoms with Gasteiger partial charge in [-0.15, -0.1) is 0 Å². The molecule has 0 aliphatic carbocycles. The molecule has 1 rings (SSSR count). The Kier molecular flexibility index (Phi) is 3.53. The number of amides is 1. The molecule has 0 aromatic carbocycles. The Morgan fingerprint density at radius 1 is 1.58 bits per heavy atom. The van der Waals surface area contributed by atoms with Gasteiger partial charge >= 0.3 is 0 Å². The van der Waals surface area contributed by atoms with Crippen LogP contribution in [0.4, 0.5) is 0 Å². The molecular formula is C9H17NO2. The number of hydrogen-bond acceptors (Lipinski definition) is 2. The maximum Gasteiger partial charge on any atom is 0.222 e. The van der Waals surface area contributed by atoms with Crippen molar-refractivity contribution in [2.45, 2.75) is 32.8 Å². The standard InChI is InChI=1S/C9H17NO2/c1-3-8-7-10(5-6-12-8)9(11)4-2/h8H,3-7H2,1-2H3/t8-/m0/s1. The topological polar surface area (TPSA) is 29.5 Å². The zero-order valence-corrected chi connectivity index (χ0v) is 7.88. The van der Waals surface area contributed by atoms with Crippen LogP contribution in [0.25, 0.3) is 0 Å². The molecule has 3 nitrogen and oxygen atoms in total. The van der Waals surface area contributed by atoms with Crippen LogP contribution in [0.1, 0.15) is 26.7 Å². The van der Waals surface area contributed by atoms with Crippen molar-refractivity contribution < 1.29 is 9.53 Å². The van der Waals surface area contributed by atoms with Crippen molar-refractivity contribution >= 4 is 5.91 Å². The first kappa shape index (κ1) is 9.52. The third kappa shape index (κ3) is 2.21. The molecule has 1 heterocycles. The minimum atomic E-state index is 0.247. The predicted molar refractivity (Wildman–Crippen MR) is 46.9 cm³/mol. The maximum atomic E-state index is 11.3. The average molecular weight is 171 g/mol. The summed E-state index contributed by atoms with van der Waals surface area (Å²) in [6.45, 7) is 6.24. The molecule has 1 amide bonds. The first-order valence-corrected chi connectivity index (χ1v) is 4.67. The minimum absolute atomic E-state index is 0.247. The van der Waals surface area contributed by atoms with Crippen LogP contribution in [0, 0.1) is 0 Å². The molecule has 0 radical (unpaired) electrons. The molecule has 1 fully saturated rings. The van der Waals surface area contributed by atoms with Gasteiger partial charge in [0.1, 0.15) is 0 Å². The van der Waals surface area contributed by atoms with E-state index >= 15 is 0 Å². The minimum Gasteiger partial charge on any atom is -0.375 e. The van der Waals surface area contributed by atoms with Gasteiger partial charge in [-0.3, -0.25) is 4.79 Å². The van der Waals surface area contributed by atoms with Crippen molar-refractivity contribution in [2.75, 3.05) is 19.7 Å². The van der Waals surface area contributed by atoms with Crippen LogP contribution < -0.4 is 0 Å². The Bertz CT molecular complexity index is 159. The van der Waals surface area contributed by atoms with Gasteiger partial charge in [-0.2, -0.15) is 0 Å². The van der Waals surface area contributed by atoms with Crippen LogP contribution in [-0.2, 0) is 9.53 Å². The number of carbonyl (C=O) groups excluding carboxylic acids is 1. The molecule has 0 bridgehead atoms. The van der Waals surface area contributed by atoms with E-state index in [0.717, 1.165) is 19.5 Å². The number of ether oxygens (including phenoxy) is 1. The molecule has 0 N–H and O–H groups in total. The molecule has 0 unspecified atom stereocenters.